The van der Waals surface area contributed by atoms with Gasteiger partial charge < -0.3 is 14.8 Å². The van der Waals surface area contributed by atoms with Gasteiger partial charge in [0.2, 0.25) is 0 Å². The number of hydrogen-bond acceptors (Lipinski definition) is 4. The second kappa shape index (κ2) is 6.98. The predicted molar refractivity (Wildman–Crippen MR) is 81.6 cm³/mol. The number of aliphatic hydroxyl groups excluding tert-OH is 1. The molecule has 1 heterocycles. The molecule has 0 aliphatic carbocycles. The Morgan fingerprint density at radius 3 is 2.84 bits per heavy atom. The van der Waals surface area contributed by atoms with E-state index in [9.17, 15) is 0 Å². The van der Waals surface area contributed by atoms with Gasteiger partial charge in [0.15, 0.2) is 0 Å². The first-order chi connectivity index (χ1) is 9.24. The van der Waals surface area contributed by atoms with Crippen molar-refractivity contribution in [1.29, 1.82) is 0 Å². The van der Waals surface area contributed by atoms with E-state index >= 15 is 0 Å². The van der Waals surface area contributed by atoms with Gasteiger partial charge in [-0.05, 0) is 31.7 Å². The van der Waals surface area contributed by atoms with Crippen LogP contribution in [0.3, 0.4) is 0 Å². The number of aliphatic hydroxyl groups is 1. The molecule has 0 saturated heterocycles. The Morgan fingerprint density at radius 2 is 2.16 bits per heavy atom. The predicted octanol–water partition coefficient (Wildman–Crippen LogP) is 3.20. The third-order valence-electron chi connectivity index (χ3n) is 3.20. The fourth-order valence-electron chi connectivity index (χ4n) is 2.22. The van der Waals surface area contributed by atoms with Crippen molar-refractivity contribution in [3.8, 4) is 0 Å². The number of hydrogen-bond donors (Lipinski definition) is 2. The van der Waals surface area contributed by atoms with Crippen LogP contribution in [0, 0.1) is 0 Å². The quantitative estimate of drug-likeness (QED) is 0.817. The van der Waals surface area contributed by atoms with Gasteiger partial charge in [-0.25, -0.2) is 0 Å². The highest BCUT2D eigenvalue weighted by molar-refractivity contribution is 7.98. The molecule has 0 amide bonds. The Balaban J connectivity index is 2.07. The van der Waals surface area contributed by atoms with Crippen LogP contribution >= 0.6 is 11.8 Å². The van der Waals surface area contributed by atoms with Gasteiger partial charge in [-0.3, -0.25) is 0 Å². The van der Waals surface area contributed by atoms with Crippen LogP contribution in [0.2, 0.25) is 0 Å². The molecule has 3 nitrogen and oxygen atoms in total. The fraction of sp³-hybridized carbons (Fsp3) is 0.467. The lowest BCUT2D eigenvalue weighted by Crippen LogP contribution is -2.34. The molecule has 4 heteroatoms. The number of furan rings is 1. The molecule has 2 N–H and O–H groups in total. The second-order valence-corrected chi connectivity index (χ2v) is 5.65. The summed E-state index contributed by atoms with van der Waals surface area (Å²) in [5.41, 5.74) is 0.926. The molecule has 104 valence electrons. The molecule has 0 spiro atoms. The summed E-state index contributed by atoms with van der Waals surface area (Å²) >= 11 is 1.79. The Hall–Kier alpha value is -0.970. The van der Waals surface area contributed by atoms with E-state index in [0.29, 0.717) is 6.04 Å². The van der Waals surface area contributed by atoms with E-state index in [1.54, 1.807) is 11.8 Å². The lowest BCUT2D eigenvalue weighted by Gasteiger charge is -2.20. The van der Waals surface area contributed by atoms with Crippen LogP contribution in [0.5, 0.6) is 0 Å². The topological polar surface area (TPSA) is 45.4 Å². The molecule has 1 aromatic heterocycles. The highest BCUT2D eigenvalue weighted by atomic mass is 32.2. The molecular weight excluding hydrogens is 258 g/mol. The summed E-state index contributed by atoms with van der Waals surface area (Å²) in [7, 11) is 0. The van der Waals surface area contributed by atoms with E-state index in [1.807, 2.05) is 18.2 Å². The summed E-state index contributed by atoms with van der Waals surface area (Å²) in [6, 6.07) is 10.6. The zero-order valence-corrected chi connectivity index (χ0v) is 12.2. The normalized spacial score (nSPS) is 14.7. The highest BCUT2D eigenvalue weighted by Gasteiger charge is 2.15. The zero-order chi connectivity index (χ0) is 13.7. The first-order valence-corrected chi connectivity index (χ1v) is 7.98. The van der Waals surface area contributed by atoms with Crippen LogP contribution in [0.4, 0.5) is 0 Å². The van der Waals surface area contributed by atoms with Gasteiger partial charge in [0.1, 0.15) is 11.3 Å². The molecule has 1 aromatic carbocycles. The Bertz CT molecular complexity index is 473. The van der Waals surface area contributed by atoms with Crippen molar-refractivity contribution >= 4 is 22.7 Å². The maximum atomic E-state index is 9.09. The van der Waals surface area contributed by atoms with Crippen LogP contribution in [0.25, 0.3) is 11.0 Å². The largest absolute Gasteiger partial charge is 0.459 e. The van der Waals surface area contributed by atoms with Crippen LogP contribution < -0.4 is 5.32 Å². The van der Waals surface area contributed by atoms with E-state index in [-0.39, 0.29) is 12.6 Å². The van der Waals surface area contributed by atoms with Gasteiger partial charge >= 0.3 is 0 Å². The molecule has 0 fully saturated rings. The number of fused-ring (bicyclic) bond motifs is 1. The molecule has 2 unspecified atom stereocenters. The van der Waals surface area contributed by atoms with Crippen LogP contribution in [0.15, 0.2) is 34.7 Å². The number of nitrogens with one attached hydrogen (secondary N) is 1. The molecule has 0 bridgehead atoms. The SMILES string of the molecule is CSCC(CCO)NC(C)c1cc2ccccc2o1. The van der Waals surface area contributed by atoms with Gasteiger partial charge in [-0.2, -0.15) is 11.8 Å². The molecular formula is C15H21NO2S. The van der Waals surface area contributed by atoms with E-state index in [0.717, 1.165) is 28.9 Å². The molecule has 0 aliphatic rings. The molecule has 2 aromatic rings. The van der Waals surface area contributed by atoms with Crippen LogP contribution in [-0.2, 0) is 0 Å². The van der Waals surface area contributed by atoms with Crippen molar-refractivity contribution in [3.05, 3.63) is 36.1 Å². The summed E-state index contributed by atoms with van der Waals surface area (Å²) in [5.74, 6) is 1.94. The summed E-state index contributed by atoms with van der Waals surface area (Å²) in [4.78, 5) is 0. The summed E-state index contributed by atoms with van der Waals surface area (Å²) in [5, 5.41) is 13.7. The molecule has 2 atom stereocenters. The van der Waals surface area contributed by atoms with E-state index in [1.165, 1.54) is 0 Å². The molecule has 0 aliphatic heterocycles. The zero-order valence-electron chi connectivity index (χ0n) is 11.4. The van der Waals surface area contributed by atoms with Gasteiger partial charge in [0.05, 0.1) is 6.04 Å². The van der Waals surface area contributed by atoms with Crippen molar-refractivity contribution < 1.29 is 9.52 Å². The van der Waals surface area contributed by atoms with Gasteiger partial charge in [-0.15, -0.1) is 0 Å². The summed E-state index contributed by atoms with van der Waals surface area (Å²) < 4.78 is 5.86. The maximum absolute atomic E-state index is 9.09. The van der Waals surface area contributed by atoms with Crippen molar-refractivity contribution in [2.45, 2.75) is 25.4 Å². The van der Waals surface area contributed by atoms with E-state index in [4.69, 9.17) is 9.52 Å². The lowest BCUT2D eigenvalue weighted by atomic mass is 10.1. The minimum atomic E-state index is 0.149. The first kappa shape index (κ1) is 14.4. The van der Waals surface area contributed by atoms with Crippen molar-refractivity contribution in [1.82, 2.24) is 5.32 Å². The molecule has 2 rings (SSSR count). The Morgan fingerprint density at radius 1 is 1.37 bits per heavy atom. The fourth-order valence-corrected chi connectivity index (χ4v) is 2.89. The first-order valence-electron chi connectivity index (χ1n) is 6.59. The molecule has 0 saturated carbocycles. The number of para-hydroxylation sites is 1. The number of benzene rings is 1. The number of rotatable bonds is 7. The van der Waals surface area contributed by atoms with E-state index in [2.05, 4.69) is 30.6 Å². The number of thioether (sulfide) groups is 1. The summed E-state index contributed by atoms with van der Waals surface area (Å²) in [6.45, 7) is 2.31. The average molecular weight is 279 g/mol. The molecule has 19 heavy (non-hydrogen) atoms. The minimum Gasteiger partial charge on any atom is -0.459 e. The Kier molecular flexibility index (Phi) is 5.31. The summed E-state index contributed by atoms with van der Waals surface area (Å²) in [6.07, 6.45) is 2.85. The van der Waals surface area contributed by atoms with Gasteiger partial charge in [-0.1, -0.05) is 18.2 Å². The average Bonchev–Trinajstić information content (AvgIpc) is 2.83. The van der Waals surface area contributed by atoms with Crippen molar-refractivity contribution in [3.63, 3.8) is 0 Å². The van der Waals surface area contributed by atoms with Crippen LogP contribution in [-0.4, -0.2) is 29.8 Å². The van der Waals surface area contributed by atoms with E-state index < -0.39 is 0 Å². The highest BCUT2D eigenvalue weighted by Crippen LogP contribution is 2.24. The standard InChI is InChI=1S/C15H21NO2S/c1-11(16-13(7-8-17)10-19-2)15-9-12-5-3-4-6-14(12)18-15/h3-6,9,11,13,16-17H,7-8,10H2,1-2H3. The van der Waals surface area contributed by atoms with Crippen molar-refractivity contribution in [2.24, 2.45) is 0 Å². The maximum Gasteiger partial charge on any atom is 0.134 e. The van der Waals surface area contributed by atoms with Crippen molar-refractivity contribution in [2.75, 3.05) is 18.6 Å². The minimum absolute atomic E-state index is 0.149. The lowest BCUT2D eigenvalue weighted by molar-refractivity contribution is 0.263. The molecule has 0 radical (unpaired) electrons. The third kappa shape index (κ3) is 3.75. The monoisotopic (exact) mass is 279 g/mol. The Labute approximate surface area is 118 Å². The van der Waals surface area contributed by atoms with Crippen LogP contribution in [0.1, 0.15) is 25.1 Å². The van der Waals surface area contributed by atoms with Gasteiger partial charge in [0.25, 0.3) is 0 Å². The smallest absolute Gasteiger partial charge is 0.134 e. The third-order valence-corrected chi connectivity index (χ3v) is 3.94. The second-order valence-electron chi connectivity index (χ2n) is 4.74. The van der Waals surface area contributed by atoms with Gasteiger partial charge in [0, 0.05) is 23.8 Å².